The molecule has 0 saturated heterocycles. The van der Waals surface area contributed by atoms with E-state index in [9.17, 15) is 4.79 Å². The van der Waals surface area contributed by atoms with Crippen molar-refractivity contribution in [2.24, 2.45) is 0 Å². The molecule has 0 aliphatic heterocycles. The summed E-state index contributed by atoms with van der Waals surface area (Å²) in [5.41, 5.74) is 1.67. The summed E-state index contributed by atoms with van der Waals surface area (Å²) in [5, 5.41) is 3.06. The fourth-order valence-corrected chi connectivity index (χ4v) is 1.49. The number of hydrogen-bond donors (Lipinski definition) is 1. The Bertz CT molecular complexity index is 352. The van der Waals surface area contributed by atoms with Crippen LogP contribution in [-0.2, 0) is 0 Å². The van der Waals surface area contributed by atoms with E-state index in [0.717, 1.165) is 25.1 Å². The number of rotatable bonds is 5. The molecule has 0 aliphatic rings. The maximum absolute atomic E-state index is 12.0. The van der Waals surface area contributed by atoms with Gasteiger partial charge < -0.3 is 10.2 Å². The number of hydrogen-bond acceptors (Lipinski definition) is 3. The summed E-state index contributed by atoms with van der Waals surface area (Å²) < 4.78 is 0. The van der Waals surface area contributed by atoms with Crippen molar-refractivity contribution in [3.8, 4) is 0 Å². The number of aromatic nitrogens is 1. The number of amides is 1. The fourth-order valence-electron chi connectivity index (χ4n) is 1.49. The molecule has 0 unspecified atom stereocenters. The summed E-state index contributed by atoms with van der Waals surface area (Å²) in [6, 6.07) is 1.86. The quantitative estimate of drug-likeness (QED) is 0.756. The van der Waals surface area contributed by atoms with E-state index in [4.69, 9.17) is 0 Å². The average molecular weight is 221 g/mol. The van der Waals surface area contributed by atoms with E-state index in [0.29, 0.717) is 5.56 Å². The topological polar surface area (TPSA) is 45.2 Å². The van der Waals surface area contributed by atoms with Crippen LogP contribution in [0.3, 0.4) is 0 Å². The molecular weight excluding hydrogens is 202 g/mol. The van der Waals surface area contributed by atoms with Crippen LogP contribution in [0.2, 0.25) is 0 Å². The molecule has 1 N–H and O–H groups in total. The van der Waals surface area contributed by atoms with E-state index in [1.807, 2.05) is 27.1 Å². The SMILES string of the molecule is CNCCCN(C)C(=O)c1cncc(C)c1. The first kappa shape index (κ1) is 12.6. The van der Waals surface area contributed by atoms with Crippen molar-refractivity contribution >= 4 is 5.91 Å². The van der Waals surface area contributed by atoms with Gasteiger partial charge in [-0.1, -0.05) is 0 Å². The zero-order chi connectivity index (χ0) is 12.0. The van der Waals surface area contributed by atoms with Crippen LogP contribution in [0, 0.1) is 6.92 Å². The van der Waals surface area contributed by atoms with Crippen LogP contribution in [0.1, 0.15) is 22.3 Å². The third-order valence-electron chi connectivity index (χ3n) is 2.39. The summed E-state index contributed by atoms with van der Waals surface area (Å²) in [4.78, 5) is 17.7. The van der Waals surface area contributed by atoms with Gasteiger partial charge in [-0.2, -0.15) is 0 Å². The number of nitrogens with one attached hydrogen (secondary N) is 1. The van der Waals surface area contributed by atoms with Gasteiger partial charge >= 0.3 is 0 Å². The van der Waals surface area contributed by atoms with Crippen LogP contribution >= 0.6 is 0 Å². The van der Waals surface area contributed by atoms with Gasteiger partial charge in [0.05, 0.1) is 5.56 Å². The van der Waals surface area contributed by atoms with Gasteiger partial charge in [-0.15, -0.1) is 0 Å². The summed E-state index contributed by atoms with van der Waals surface area (Å²) in [6.07, 6.45) is 4.32. The maximum atomic E-state index is 12.0. The summed E-state index contributed by atoms with van der Waals surface area (Å²) in [5.74, 6) is 0.0345. The van der Waals surface area contributed by atoms with Gasteiger partial charge in [0.15, 0.2) is 0 Å². The first-order valence-corrected chi connectivity index (χ1v) is 5.47. The molecule has 0 saturated carbocycles. The zero-order valence-electron chi connectivity index (χ0n) is 10.2. The lowest BCUT2D eigenvalue weighted by molar-refractivity contribution is 0.0793. The Morgan fingerprint density at radius 1 is 1.50 bits per heavy atom. The Hall–Kier alpha value is -1.42. The van der Waals surface area contributed by atoms with Crippen LogP contribution in [0.5, 0.6) is 0 Å². The van der Waals surface area contributed by atoms with Crippen LogP contribution in [0.25, 0.3) is 0 Å². The number of pyridine rings is 1. The molecule has 0 fully saturated rings. The predicted molar refractivity (Wildman–Crippen MR) is 64.5 cm³/mol. The Morgan fingerprint density at radius 3 is 2.88 bits per heavy atom. The molecule has 88 valence electrons. The minimum absolute atomic E-state index is 0.0345. The standard InChI is InChI=1S/C12H19N3O/c1-10-7-11(9-14-8-10)12(16)15(3)6-4-5-13-2/h7-9,13H,4-6H2,1-3H3. The van der Waals surface area contributed by atoms with Crippen molar-refractivity contribution in [2.75, 3.05) is 27.2 Å². The van der Waals surface area contributed by atoms with Gasteiger partial charge in [0.2, 0.25) is 0 Å². The lowest BCUT2D eigenvalue weighted by atomic mass is 10.2. The molecule has 16 heavy (non-hydrogen) atoms. The van der Waals surface area contributed by atoms with Crippen LogP contribution in [0.4, 0.5) is 0 Å². The third-order valence-corrected chi connectivity index (χ3v) is 2.39. The highest BCUT2D eigenvalue weighted by Gasteiger charge is 2.11. The Balaban J connectivity index is 2.56. The van der Waals surface area contributed by atoms with E-state index in [1.165, 1.54) is 0 Å². The predicted octanol–water partition coefficient (Wildman–Crippen LogP) is 1.07. The average Bonchev–Trinajstić information content (AvgIpc) is 2.28. The Kier molecular flexibility index (Phi) is 4.92. The molecule has 0 bridgehead atoms. The molecule has 0 radical (unpaired) electrons. The van der Waals surface area contributed by atoms with Gasteiger partial charge in [0.25, 0.3) is 5.91 Å². The first-order chi connectivity index (χ1) is 7.65. The highest BCUT2D eigenvalue weighted by atomic mass is 16.2. The van der Waals surface area contributed by atoms with E-state index in [2.05, 4.69) is 10.3 Å². The minimum Gasteiger partial charge on any atom is -0.342 e. The highest BCUT2D eigenvalue weighted by Crippen LogP contribution is 2.04. The number of carbonyl (C=O) groups excluding carboxylic acids is 1. The first-order valence-electron chi connectivity index (χ1n) is 5.47. The third kappa shape index (κ3) is 3.62. The van der Waals surface area contributed by atoms with E-state index >= 15 is 0 Å². The molecule has 1 rings (SSSR count). The Morgan fingerprint density at radius 2 is 2.25 bits per heavy atom. The molecule has 1 aromatic heterocycles. The van der Waals surface area contributed by atoms with Crippen molar-refractivity contribution in [2.45, 2.75) is 13.3 Å². The highest BCUT2D eigenvalue weighted by molar-refractivity contribution is 5.93. The van der Waals surface area contributed by atoms with E-state index in [-0.39, 0.29) is 5.91 Å². The Labute approximate surface area is 96.7 Å². The molecule has 0 aliphatic carbocycles. The van der Waals surface area contributed by atoms with Gasteiger partial charge in [-0.05, 0) is 38.6 Å². The number of aryl methyl sites for hydroxylation is 1. The summed E-state index contributed by atoms with van der Waals surface area (Å²) in [7, 11) is 3.73. The fraction of sp³-hybridized carbons (Fsp3) is 0.500. The summed E-state index contributed by atoms with van der Waals surface area (Å²) >= 11 is 0. The second-order valence-corrected chi connectivity index (χ2v) is 3.93. The largest absolute Gasteiger partial charge is 0.342 e. The monoisotopic (exact) mass is 221 g/mol. The van der Waals surface area contributed by atoms with Crippen LogP contribution in [0.15, 0.2) is 18.5 Å². The van der Waals surface area contributed by atoms with Gasteiger partial charge in [0, 0.05) is 26.0 Å². The molecular formula is C12H19N3O. The second-order valence-electron chi connectivity index (χ2n) is 3.93. The van der Waals surface area contributed by atoms with Crippen molar-refractivity contribution in [1.29, 1.82) is 0 Å². The molecule has 1 aromatic rings. The smallest absolute Gasteiger partial charge is 0.255 e. The van der Waals surface area contributed by atoms with Crippen molar-refractivity contribution in [3.05, 3.63) is 29.6 Å². The maximum Gasteiger partial charge on any atom is 0.255 e. The minimum atomic E-state index is 0.0345. The van der Waals surface area contributed by atoms with Crippen LogP contribution in [-0.4, -0.2) is 43.0 Å². The summed E-state index contributed by atoms with van der Waals surface area (Å²) in [6.45, 7) is 3.61. The number of nitrogens with zero attached hydrogens (tertiary/aromatic N) is 2. The van der Waals surface area contributed by atoms with E-state index in [1.54, 1.807) is 17.3 Å². The zero-order valence-corrected chi connectivity index (χ0v) is 10.2. The normalized spacial score (nSPS) is 10.2. The molecule has 1 amide bonds. The molecule has 1 heterocycles. The lowest BCUT2D eigenvalue weighted by Crippen LogP contribution is -2.29. The molecule has 4 nitrogen and oxygen atoms in total. The lowest BCUT2D eigenvalue weighted by Gasteiger charge is -2.16. The van der Waals surface area contributed by atoms with Crippen molar-refractivity contribution in [1.82, 2.24) is 15.2 Å². The molecule has 0 atom stereocenters. The van der Waals surface area contributed by atoms with Gasteiger partial charge in [-0.25, -0.2) is 0 Å². The second kappa shape index (κ2) is 6.23. The van der Waals surface area contributed by atoms with Crippen molar-refractivity contribution < 1.29 is 4.79 Å². The number of carbonyl (C=O) groups is 1. The molecule has 0 aromatic carbocycles. The molecule has 4 heteroatoms. The van der Waals surface area contributed by atoms with Crippen LogP contribution < -0.4 is 5.32 Å². The van der Waals surface area contributed by atoms with E-state index < -0.39 is 0 Å². The van der Waals surface area contributed by atoms with Gasteiger partial charge in [0.1, 0.15) is 0 Å². The molecule has 0 spiro atoms. The van der Waals surface area contributed by atoms with Crippen molar-refractivity contribution in [3.63, 3.8) is 0 Å². The van der Waals surface area contributed by atoms with Gasteiger partial charge in [-0.3, -0.25) is 9.78 Å².